The Hall–Kier alpha value is -2.21. The maximum absolute atomic E-state index is 12.7. The SMILES string of the molecule is CCc1ccc(C)[n+](CC(=O)Nc2sc3c(c2C(=O)OC)CCCCC3)c1. The number of hydrogen-bond acceptors (Lipinski definition) is 4. The number of fused-ring (bicyclic) bond motifs is 1. The number of ether oxygens (including phenoxy) is 1. The monoisotopic (exact) mass is 387 g/mol. The average molecular weight is 388 g/mol. The van der Waals surface area contributed by atoms with Crippen LogP contribution in [0.5, 0.6) is 0 Å². The second-order valence-corrected chi connectivity index (χ2v) is 8.07. The number of amides is 1. The molecule has 0 fully saturated rings. The highest BCUT2D eigenvalue weighted by Gasteiger charge is 2.27. The molecular weight excluding hydrogens is 360 g/mol. The largest absolute Gasteiger partial charge is 0.465 e. The minimum absolute atomic E-state index is 0.127. The number of aryl methyl sites for hydroxylation is 3. The molecule has 1 amide bonds. The van der Waals surface area contributed by atoms with Crippen LogP contribution in [0.4, 0.5) is 5.00 Å². The summed E-state index contributed by atoms with van der Waals surface area (Å²) in [4.78, 5) is 26.3. The van der Waals surface area contributed by atoms with Gasteiger partial charge in [-0.15, -0.1) is 11.3 Å². The predicted octanol–water partition coefficient (Wildman–Crippen LogP) is 3.60. The van der Waals surface area contributed by atoms with Gasteiger partial charge in [-0.25, -0.2) is 4.79 Å². The van der Waals surface area contributed by atoms with E-state index in [-0.39, 0.29) is 18.4 Å². The van der Waals surface area contributed by atoms with E-state index >= 15 is 0 Å². The summed E-state index contributed by atoms with van der Waals surface area (Å²) in [5.41, 5.74) is 3.83. The normalized spacial score (nSPS) is 13.6. The number of carbonyl (C=O) groups is 2. The molecule has 2 heterocycles. The Kier molecular flexibility index (Phi) is 6.26. The molecule has 2 aromatic rings. The van der Waals surface area contributed by atoms with Crippen molar-refractivity contribution in [3.8, 4) is 0 Å². The van der Waals surface area contributed by atoms with Crippen molar-refractivity contribution >= 4 is 28.2 Å². The number of methoxy groups -OCH3 is 1. The van der Waals surface area contributed by atoms with Crippen molar-refractivity contribution < 1.29 is 18.9 Å². The van der Waals surface area contributed by atoms with Gasteiger partial charge in [0, 0.05) is 23.4 Å². The van der Waals surface area contributed by atoms with E-state index in [9.17, 15) is 9.59 Å². The van der Waals surface area contributed by atoms with E-state index < -0.39 is 0 Å². The van der Waals surface area contributed by atoms with Crippen molar-refractivity contribution in [1.82, 2.24) is 0 Å². The van der Waals surface area contributed by atoms with Crippen LogP contribution in [-0.4, -0.2) is 19.0 Å². The van der Waals surface area contributed by atoms with Crippen molar-refractivity contribution in [1.29, 1.82) is 0 Å². The fraction of sp³-hybridized carbons (Fsp3) is 0.476. The number of nitrogens with zero attached hydrogens (tertiary/aromatic N) is 1. The third-order valence-electron chi connectivity index (χ3n) is 5.10. The van der Waals surface area contributed by atoms with Gasteiger partial charge in [0.25, 0.3) is 5.91 Å². The van der Waals surface area contributed by atoms with Crippen LogP contribution in [0, 0.1) is 6.92 Å². The quantitative estimate of drug-likeness (QED) is 0.484. The van der Waals surface area contributed by atoms with Gasteiger partial charge in [0.1, 0.15) is 5.00 Å². The lowest BCUT2D eigenvalue weighted by Crippen LogP contribution is -2.43. The van der Waals surface area contributed by atoms with Crippen LogP contribution < -0.4 is 9.88 Å². The van der Waals surface area contributed by atoms with Gasteiger partial charge in [-0.1, -0.05) is 13.3 Å². The van der Waals surface area contributed by atoms with Crippen LogP contribution in [-0.2, 0) is 35.3 Å². The highest BCUT2D eigenvalue weighted by atomic mass is 32.1. The molecule has 0 aliphatic heterocycles. The number of anilines is 1. The molecule has 1 N–H and O–H groups in total. The summed E-state index contributed by atoms with van der Waals surface area (Å²) in [5.74, 6) is -0.487. The Morgan fingerprint density at radius 1 is 1.22 bits per heavy atom. The first-order chi connectivity index (χ1) is 13.0. The lowest BCUT2D eigenvalue weighted by atomic mass is 10.1. The molecule has 27 heavy (non-hydrogen) atoms. The summed E-state index contributed by atoms with van der Waals surface area (Å²) in [6.45, 7) is 4.30. The van der Waals surface area contributed by atoms with Gasteiger partial charge in [-0.3, -0.25) is 4.79 Å². The topological polar surface area (TPSA) is 59.3 Å². The number of thiophene rings is 1. The molecule has 3 rings (SSSR count). The number of nitrogens with one attached hydrogen (secondary N) is 1. The Bertz CT molecular complexity index is 857. The van der Waals surface area contributed by atoms with Crippen LogP contribution in [0.25, 0.3) is 0 Å². The standard InChI is InChI=1S/C21H26N2O3S/c1-4-15-11-10-14(2)23(12-15)13-18(24)22-20-19(21(25)26-3)16-8-6-5-7-9-17(16)27-20/h10-12H,4-9,13H2,1-3H3/p+1. The molecule has 5 nitrogen and oxygen atoms in total. The van der Waals surface area contributed by atoms with Gasteiger partial charge in [0.2, 0.25) is 6.54 Å². The van der Waals surface area contributed by atoms with E-state index in [1.54, 1.807) is 0 Å². The second-order valence-electron chi connectivity index (χ2n) is 6.97. The van der Waals surface area contributed by atoms with E-state index in [2.05, 4.69) is 18.3 Å². The molecule has 1 aliphatic carbocycles. The number of carbonyl (C=O) groups excluding carboxylic acids is 2. The van der Waals surface area contributed by atoms with Crippen LogP contribution in [0.1, 0.15) is 58.2 Å². The molecule has 0 aromatic carbocycles. The van der Waals surface area contributed by atoms with E-state index in [1.165, 1.54) is 35.3 Å². The van der Waals surface area contributed by atoms with Gasteiger partial charge < -0.3 is 10.1 Å². The molecule has 0 spiro atoms. The van der Waals surface area contributed by atoms with Crippen molar-refractivity contribution in [2.75, 3.05) is 12.4 Å². The van der Waals surface area contributed by atoms with Crippen LogP contribution in [0.2, 0.25) is 0 Å². The van der Waals surface area contributed by atoms with E-state index in [0.717, 1.165) is 43.4 Å². The van der Waals surface area contributed by atoms with E-state index in [0.29, 0.717) is 10.6 Å². The maximum atomic E-state index is 12.7. The smallest absolute Gasteiger partial charge is 0.341 e. The Balaban J connectivity index is 1.84. The molecule has 1 aliphatic rings. The summed E-state index contributed by atoms with van der Waals surface area (Å²) in [6, 6.07) is 4.11. The average Bonchev–Trinajstić information content (AvgIpc) is 2.83. The number of rotatable bonds is 5. The van der Waals surface area contributed by atoms with Crippen molar-refractivity contribution in [2.45, 2.75) is 58.9 Å². The Morgan fingerprint density at radius 2 is 2.00 bits per heavy atom. The first kappa shape index (κ1) is 19.5. The maximum Gasteiger partial charge on any atom is 0.341 e. The summed E-state index contributed by atoms with van der Waals surface area (Å²) in [5, 5.41) is 3.60. The summed E-state index contributed by atoms with van der Waals surface area (Å²) < 4.78 is 6.95. The minimum Gasteiger partial charge on any atom is -0.465 e. The highest BCUT2D eigenvalue weighted by Crippen LogP contribution is 2.37. The zero-order valence-electron chi connectivity index (χ0n) is 16.3. The molecular formula is C21H27N2O3S+. The summed E-state index contributed by atoms with van der Waals surface area (Å²) in [7, 11) is 1.39. The third-order valence-corrected chi connectivity index (χ3v) is 6.31. The van der Waals surface area contributed by atoms with Gasteiger partial charge in [0.05, 0.1) is 12.7 Å². The van der Waals surface area contributed by atoms with Gasteiger partial charge in [-0.2, -0.15) is 4.57 Å². The van der Waals surface area contributed by atoms with Crippen LogP contribution in [0.15, 0.2) is 18.3 Å². The molecule has 0 saturated heterocycles. The molecule has 144 valence electrons. The first-order valence-electron chi connectivity index (χ1n) is 9.55. The van der Waals surface area contributed by atoms with Crippen molar-refractivity contribution in [3.63, 3.8) is 0 Å². The molecule has 0 radical (unpaired) electrons. The summed E-state index contributed by atoms with van der Waals surface area (Å²) in [6.07, 6.45) is 8.14. The second kappa shape index (κ2) is 8.65. The highest BCUT2D eigenvalue weighted by molar-refractivity contribution is 7.17. The lowest BCUT2D eigenvalue weighted by Gasteiger charge is -2.07. The zero-order chi connectivity index (χ0) is 19.4. The molecule has 0 bridgehead atoms. The number of aromatic nitrogens is 1. The van der Waals surface area contributed by atoms with Gasteiger partial charge in [-0.05, 0) is 43.7 Å². The number of pyridine rings is 1. The van der Waals surface area contributed by atoms with E-state index in [1.807, 2.05) is 23.8 Å². The van der Waals surface area contributed by atoms with Crippen molar-refractivity contribution in [3.05, 3.63) is 45.6 Å². The zero-order valence-corrected chi connectivity index (χ0v) is 17.1. The number of hydrogen-bond donors (Lipinski definition) is 1. The molecule has 0 unspecified atom stereocenters. The summed E-state index contributed by atoms with van der Waals surface area (Å²) >= 11 is 1.53. The fourth-order valence-electron chi connectivity index (χ4n) is 3.52. The third kappa shape index (κ3) is 4.38. The van der Waals surface area contributed by atoms with Gasteiger partial charge >= 0.3 is 5.97 Å². The Labute approximate surface area is 164 Å². The molecule has 0 atom stereocenters. The molecule has 0 saturated carbocycles. The van der Waals surface area contributed by atoms with Crippen LogP contribution >= 0.6 is 11.3 Å². The fourth-order valence-corrected chi connectivity index (χ4v) is 4.81. The van der Waals surface area contributed by atoms with Gasteiger partial charge in [0.15, 0.2) is 11.9 Å². The first-order valence-corrected chi connectivity index (χ1v) is 10.4. The molecule has 2 aromatic heterocycles. The number of esters is 1. The van der Waals surface area contributed by atoms with Crippen LogP contribution in [0.3, 0.4) is 0 Å². The minimum atomic E-state index is -0.360. The predicted molar refractivity (Wildman–Crippen MR) is 106 cm³/mol. The Morgan fingerprint density at radius 3 is 2.74 bits per heavy atom. The molecule has 6 heteroatoms. The van der Waals surface area contributed by atoms with Crippen molar-refractivity contribution in [2.24, 2.45) is 0 Å². The van der Waals surface area contributed by atoms with E-state index in [4.69, 9.17) is 4.74 Å². The lowest BCUT2D eigenvalue weighted by molar-refractivity contribution is -0.690.